The van der Waals surface area contributed by atoms with Crippen molar-refractivity contribution in [1.82, 2.24) is 4.90 Å². The highest BCUT2D eigenvalue weighted by Crippen LogP contribution is 2.48. The molecule has 3 fully saturated rings. The second-order valence-corrected chi connectivity index (χ2v) is 7.22. The molecule has 1 aromatic carbocycles. The van der Waals surface area contributed by atoms with Gasteiger partial charge in [-0.1, -0.05) is 36.8 Å². The molecule has 0 radical (unpaired) electrons. The van der Waals surface area contributed by atoms with Crippen LogP contribution in [0, 0.1) is 17.8 Å². The van der Waals surface area contributed by atoms with Crippen LogP contribution >= 0.6 is 0 Å². The maximum atomic E-state index is 9.96. The molecule has 2 aliphatic carbocycles. The molecule has 1 heterocycles. The number of nitrogens with zero attached hydrogens (tertiary/aromatic N) is 1. The maximum Gasteiger partial charge on any atom is 0.0503 e. The molecule has 3 aliphatic rings. The summed E-state index contributed by atoms with van der Waals surface area (Å²) < 4.78 is 0. The summed E-state index contributed by atoms with van der Waals surface area (Å²) in [7, 11) is 0. The zero-order valence-corrected chi connectivity index (χ0v) is 12.6. The first kappa shape index (κ1) is 13.7. The third-order valence-corrected chi connectivity index (χ3v) is 6.23. The predicted molar refractivity (Wildman–Crippen MR) is 83.9 cm³/mol. The Morgan fingerprint density at radius 1 is 1.14 bits per heavy atom. The highest BCUT2D eigenvalue weighted by Gasteiger charge is 2.55. The number of nitrogens with two attached hydrogens (primary N) is 1. The monoisotopic (exact) mass is 286 g/mol. The number of aliphatic hydroxyl groups is 1. The predicted octanol–water partition coefficient (Wildman–Crippen LogP) is 1.82. The van der Waals surface area contributed by atoms with Gasteiger partial charge in [0.1, 0.15) is 0 Å². The molecule has 1 aromatic rings. The van der Waals surface area contributed by atoms with Crippen LogP contribution in [0.2, 0.25) is 0 Å². The van der Waals surface area contributed by atoms with E-state index < -0.39 is 0 Å². The number of benzene rings is 1. The standard InChI is InChI=1S/C18H26N2O/c19-18-14-9-20(10-15(14)18)17-8-4-7-13(17)16(11-21)12-5-2-1-3-6-12/h1-3,5-6,13-18,21H,4,7-11,19H2. The Morgan fingerprint density at radius 2 is 1.86 bits per heavy atom. The lowest BCUT2D eigenvalue weighted by Crippen LogP contribution is -2.41. The van der Waals surface area contributed by atoms with E-state index in [1.807, 2.05) is 0 Å². The molecular weight excluding hydrogens is 260 g/mol. The van der Waals surface area contributed by atoms with E-state index >= 15 is 0 Å². The molecule has 114 valence electrons. The van der Waals surface area contributed by atoms with Gasteiger partial charge >= 0.3 is 0 Å². The molecule has 1 aliphatic heterocycles. The molecule has 5 unspecified atom stereocenters. The summed E-state index contributed by atoms with van der Waals surface area (Å²) in [6, 6.07) is 11.7. The number of piperidine rings is 1. The smallest absolute Gasteiger partial charge is 0.0503 e. The first-order chi connectivity index (χ1) is 10.3. The molecule has 3 heteroatoms. The van der Waals surface area contributed by atoms with Gasteiger partial charge in [0, 0.05) is 31.1 Å². The number of aliphatic hydroxyl groups excluding tert-OH is 1. The van der Waals surface area contributed by atoms with E-state index in [0.717, 1.165) is 11.8 Å². The van der Waals surface area contributed by atoms with Crippen LogP contribution in [-0.2, 0) is 0 Å². The van der Waals surface area contributed by atoms with E-state index in [9.17, 15) is 5.11 Å². The summed E-state index contributed by atoms with van der Waals surface area (Å²) in [6.45, 7) is 2.66. The molecule has 3 N–H and O–H groups in total. The summed E-state index contributed by atoms with van der Waals surface area (Å²) >= 11 is 0. The number of likely N-dealkylation sites (tertiary alicyclic amines) is 1. The van der Waals surface area contributed by atoms with Crippen LogP contribution in [0.1, 0.15) is 30.7 Å². The minimum Gasteiger partial charge on any atom is -0.396 e. The van der Waals surface area contributed by atoms with Crippen molar-refractivity contribution in [3.63, 3.8) is 0 Å². The van der Waals surface area contributed by atoms with E-state index in [1.54, 1.807) is 0 Å². The fraction of sp³-hybridized carbons (Fsp3) is 0.667. The lowest BCUT2D eigenvalue weighted by atomic mass is 9.82. The molecule has 1 saturated heterocycles. The lowest BCUT2D eigenvalue weighted by molar-refractivity contribution is 0.133. The van der Waals surface area contributed by atoms with Crippen LogP contribution in [0.25, 0.3) is 0 Å². The Balaban J connectivity index is 1.50. The highest BCUT2D eigenvalue weighted by atomic mass is 16.3. The van der Waals surface area contributed by atoms with Gasteiger partial charge in [0.25, 0.3) is 0 Å². The van der Waals surface area contributed by atoms with Crippen LogP contribution in [0.15, 0.2) is 30.3 Å². The van der Waals surface area contributed by atoms with Gasteiger partial charge in [0.2, 0.25) is 0 Å². The maximum absolute atomic E-state index is 9.96. The van der Waals surface area contributed by atoms with E-state index in [1.165, 1.54) is 37.9 Å². The normalized spacial score (nSPS) is 40.2. The van der Waals surface area contributed by atoms with Crippen molar-refractivity contribution >= 4 is 0 Å². The fourth-order valence-electron chi connectivity index (χ4n) is 4.96. The molecule has 2 saturated carbocycles. The molecule has 0 bridgehead atoms. The molecule has 4 rings (SSSR count). The van der Waals surface area contributed by atoms with Crippen molar-refractivity contribution in [2.75, 3.05) is 19.7 Å². The topological polar surface area (TPSA) is 49.5 Å². The van der Waals surface area contributed by atoms with Crippen LogP contribution in [0.3, 0.4) is 0 Å². The van der Waals surface area contributed by atoms with Crippen LogP contribution in [0.5, 0.6) is 0 Å². The van der Waals surface area contributed by atoms with Gasteiger partial charge in [-0.05, 0) is 36.2 Å². The van der Waals surface area contributed by atoms with Gasteiger partial charge in [-0.3, -0.25) is 4.90 Å². The van der Waals surface area contributed by atoms with Crippen molar-refractivity contribution < 1.29 is 5.11 Å². The zero-order valence-electron chi connectivity index (χ0n) is 12.6. The average Bonchev–Trinajstić information content (AvgIpc) is 2.96. The quantitative estimate of drug-likeness (QED) is 0.887. The van der Waals surface area contributed by atoms with Crippen LogP contribution < -0.4 is 5.73 Å². The van der Waals surface area contributed by atoms with Crippen LogP contribution in [0.4, 0.5) is 0 Å². The molecule has 0 spiro atoms. The van der Waals surface area contributed by atoms with Crippen molar-refractivity contribution in [1.29, 1.82) is 0 Å². The van der Waals surface area contributed by atoms with Crippen molar-refractivity contribution in [3.05, 3.63) is 35.9 Å². The number of fused-ring (bicyclic) bond motifs is 1. The van der Waals surface area contributed by atoms with E-state index in [-0.39, 0.29) is 6.61 Å². The highest BCUT2D eigenvalue weighted by molar-refractivity contribution is 5.22. The Bertz CT molecular complexity index is 479. The summed E-state index contributed by atoms with van der Waals surface area (Å²) in [6.07, 6.45) is 3.85. The third kappa shape index (κ3) is 2.32. The summed E-state index contributed by atoms with van der Waals surface area (Å²) in [5.74, 6) is 2.42. The fourth-order valence-corrected chi connectivity index (χ4v) is 4.96. The van der Waals surface area contributed by atoms with Gasteiger partial charge in [0.05, 0.1) is 6.61 Å². The Labute approximate surface area is 127 Å². The Kier molecular flexibility index (Phi) is 3.52. The number of rotatable bonds is 4. The molecule has 21 heavy (non-hydrogen) atoms. The minimum absolute atomic E-state index is 0.269. The van der Waals surface area contributed by atoms with Gasteiger partial charge in [0.15, 0.2) is 0 Å². The molecule has 5 atom stereocenters. The second kappa shape index (κ2) is 5.38. The number of hydrogen-bond acceptors (Lipinski definition) is 3. The molecule has 3 nitrogen and oxygen atoms in total. The number of hydrogen-bond donors (Lipinski definition) is 2. The molecule has 0 amide bonds. The van der Waals surface area contributed by atoms with E-state index in [2.05, 4.69) is 35.2 Å². The summed E-state index contributed by atoms with van der Waals surface area (Å²) in [5.41, 5.74) is 7.38. The van der Waals surface area contributed by atoms with Crippen molar-refractivity contribution in [2.45, 2.75) is 37.3 Å². The molecular formula is C18H26N2O. The van der Waals surface area contributed by atoms with Crippen LogP contribution in [-0.4, -0.2) is 41.8 Å². The Hall–Kier alpha value is -0.900. The zero-order chi connectivity index (χ0) is 14.4. The van der Waals surface area contributed by atoms with Gasteiger partial charge in [-0.25, -0.2) is 0 Å². The minimum atomic E-state index is 0.269. The molecule has 0 aromatic heterocycles. The third-order valence-electron chi connectivity index (χ3n) is 6.23. The summed E-state index contributed by atoms with van der Waals surface area (Å²) in [5, 5.41) is 9.96. The van der Waals surface area contributed by atoms with Crippen molar-refractivity contribution in [3.8, 4) is 0 Å². The SMILES string of the molecule is NC1C2CN(C3CCCC3C(CO)c3ccccc3)CC12. The average molecular weight is 286 g/mol. The lowest BCUT2D eigenvalue weighted by Gasteiger charge is -2.35. The van der Waals surface area contributed by atoms with Gasteiger partial charge in [-0.2, -0.15) is 0 Å². The summed E-state index contributed by atoms with van der Waals surface area (Å²) in [4.78, 5) is 2.68. The van der Waals surface area contributed by atoms with Gasteiger partial charge in [-0.15, -0.1) is 0 Å². The largest absolute Gasteiger partial charge is 0.396 e. The van der Waals surface area contributed by atoms with E-state index in [0.29, 0.717) is 23.9 Å². The Morgan fingerprint density at radius 3 is 2.52 bits per heavy atom. The van der Waals surface area contributed by atoms with E-state index in [4.69, 9.17) is 5.73 Å². The van der Waals surface area contributed by atoms with Crippen molar-refractivity contribution in [2.24, 2.45) is 23.5 Å². The second-order valence-electron chi connectivity index (χ2n) is 7.22. The van der Waals surface area contributed by atoms with Gasteiger partial charge < -0.3 is 10.8 Å². The first-order valence-electron chi connectivity index (χ1n) is 8.45. The first-order valence-corrected chi connectivity index (χ1v) is 8.45.